The molecule has 2 N–H and O–H groups in total. The summed E-state index contributed by atoms with van der Waals surface area (Å²) in [7, 11) is -3.71. The fraction of sp³-hybridized carbons (Fsp3) is 0.0769. The predicted molar refractivity (Wildman–Crippen MR) is 83.2 cm³/mol. The fourth-order valence-corrected chi connectivity index (χ4v) is 4.36. The van der Waals surface area contributed by atoms with E-state index in [-0.39, 0.29) is 21.4 Å². The zero-order chi connectivity index (χ0) is 14.9. The number of anilines is 1. The lowest BCUT2D eigenvalue weighted by Crippen LogP contribution is -2.09. The van der Waals surface area contributed by atoms with Gasteiger partial charge in [0.15, 0.2) is 9.84 Å². The molecule has 20 heavy (non-hydrogen) atoms. The highest BCUT2D eigenvalue weighted by molar-refractivity contribution is 7.91. The number of halogens is 3. The summed E-state index contributed by atoms with van der Waals surface area (Å²) in [6.45, 7) is 0. The van der Waals surface area contributed by atoms with Gasteiger partial charge in [0.1, 0.15) is 4.90 Å². The van der Waals surface area contributed by atoms with Crippen molar-refractivity contribution < 1.29 is 8.42 Å². The molecule has 0 amide bonds. The lowest BCUT2D eigenvalue weighted by atomic mass is 10.2. The zero-order valence-corrected chi connectivity index (χ0v) is 13.2. The molecule has 106 valence electrons. The maximum atomic E-state index is 12.4. The Balaban J connectivity index is 2.49. The molecule has 0 saturated carbocycles. The highest BCUT2D eigenvalue weighted by Crippen LogP contribution is 2.32. The quantitative estimate of drug-likeness (QED) is 0.844. The van der Waals surface area contributed by atoms with Crippen molar-refractivity contribution in [1.29, 1.82) is 0 Å². The molecule has 0 fully saturated rings. The molecule has 0 atom stereocenters. The van der Waals surface area contributed by atoms with Crippen LogP contribution in [0.3, 0.4) is 0 Å². The molecule has 0 heterocycles. The van der Waals surface area contributed by atoms with E-state index in [0.717, 1.165) is 0 Å². The van der Waals surface area contributed by atoms with Crippen molar-refractivity contribution in [3.63, 3.8) is 0 Å². The van der Waals surface area contributed by atoms with Crippen LogP contribution in [0.2, 0.25) is 15.1 Å². The van der Waals surface area contributed by atoms with Crippen LogP contribution in [0.15, 0.2) is 41.3 Å². The van der Waals surface area contributed by atoms with E-state index >= 15 is 0 Å². The topological polar surface area (TPSA) is 60.2 Å². The number of benzene rings is 2. The van der Waals surface area contributed by atoms with Crippen molar-refractivity contribution in [2.45, 2.75) is 10.6 Å². The van der Waals surface area contributed by atoms with E-state index in [0.29, 0.717) is 15.6 Å². The summed E-state index contributed by atoms with van der Waals surface area (Å²) >= 11 is 17.8. The molecule has 0 aliphatic heterocycles. The van der Waals surface area contributed by atoms with E-state index in [2.05, 4.69) is 0 Å². The molecule has 2 aromatic rings. The minimum absolute atomic E-state index is 0.0855. The molecular weight excluding hydrogens is 341 g/mol. The summed E-state index contributed by atoms with van der Waals surface area (Å²) in [6.07, 6.45) is 0. The molecule has 0 spiro atoms. The van der Waals surface area contributed by atoms with Crippen LogP contribution < -0.4 is 5.73 Å². The normalized spacial score (nSPS) is 11.6. The molecule has 3 nitrogen and oxygen atoms in total. The molecule has 0 saturated heterocycles. The highest BCUT2D eigenvalue weighted by atomic mass is 35.5. The van der Waals surface area contributed by atoms with E-state index in [1.165, 1.54) is 18.2 Å². The number of rotatable bonds is 3. The summed E-state index contributed by atoms with van der Waals surface area (Å²) in [5, 5.41) is 0.818. The van der Waals surface area contributed by atoms with Gasteiger partial charge in [-0.1, -0.05) is 40.9 Å². The number of hydrogen-bond acceptors (Lipinski definition) is 3. The van der Waals surface area contributed by atoms with Crippen molar-refractivity contribution in [3.05, 3.63) is 57.0 Å². The van der Waals surface area contributed by atoms with Gasteiger partial charge in [-0.2, -0.15) is 0 Å². The molecule has 0 aliphatic carbocycles. The van der Waals surface area contributed by atoms with E-state index in [1.807, 2.05) is 0 Å². The van der Waals surface area contributed by atoms with Crippen LogP contribution >= 0.6 is 34.8 Å². The first-order chi connectivity index (χ1) is 9.31. The molecule has 0 radical (unpaired) electrons. The smallest absolute Gasteiger partial charge is 0.186 e. The van der Waals surface area contributed by atoms with Crippen molar-refractivity contribution in [3.8, 4) is 0 Å². The van der Waals surface area contributed by atoms with Crippen LogP contribution in [0.1, 0.15) is 5.56 Å². The van der Waals surface area contributed by atoms with E-state index in [4.69, 9.17) is 40.5 Å². The first-order valence-corrected chi connectivity index (χ1v) is 8.30. The van der Waals surface area contributed by atoms with Crippen molar-refractivity contribution >= 4 is 50.3 Å². The Morgan fingerprint density at radius 1 is 1.00 bits per heavy atom. The fourth-order valence-electron chi connectivity index (χ4n) is 1.78. The minimum atomic E-state index is -3.71. The predicted octanol–water partition coefficient (Wildman–Crippen LogP) is 4.20. The van der Waals surface area contributed by atoms with Crippen molar-refractivity contribution in [2.24, 2.45) is 0 Å². The molecule has 2 rings (SSSR count). The summed E-state index contributed by atoms with van der Waals surface area (Å²) in [4.78, 5) is -0.0855. The van der Waals surface area contributed by atoms with Gasteiger partial charge in [0.05, 0.1) is 16.5 Å². The molecule has 0 bridgehead atoms. The van der Waals surface area contributed by atoms with Gasteiger partial charge in [-0.05, 0) is 35.9 Å². The molecule has 0 aliphatic rings. The molecule has 2 aromatic carbocycles. The van der Waals surface area contributed by atoms with Crippen LogP contribution in [0, 0.1) is 0 Å². The Bertz CT molecular complexity index is 740. The third kappa shape index (κ3) is 3.20. The molecule has 0 aromatic heterocycles. The van der Waals surface area contributed by atoms with Gasteiger partial charge < -0.3 is 5.73 Å². The standard InChI is InChI=1S/C13H10Cl3NO2S/c14-9-4-5-10(15)8(6-9)7-20(18,19)13-11(16)2-1-3-12(13)17/h1-6H,7,17H2. The third-order valence-corrected chi connectivity index (χ3v) is 5.46. The lowest BCUT2D eigenvalue weighted by molar-refractivity contribution is 0.596. The van der Waals surface area contributed by atoms with E-state index in [1.54, 1.807) is 18.2 Å². The largest absolute Gasteiger partial charge is 0.398 e. The SMILES string of the molecule is Nc1cccc(Cl)c1S(=O)(=O)Cc1cc(Cl)ccc1Cl. The van der Waals surface area contributed by atoms with Crippen LogP contribution in [-0.2, 0) is 15.6 Å². The Labute approximate surface area is 132 Å². The van der Waals surface area contributed by atoms with E-state index < -0.39 is 9.84 Å². The number of hydrogen-bond donors (Lipinski definition) is 1. The minimum Gasteiger partial charge on any atom is -0.398 e. The van der Waals surface area contributed by atoms with Gasteiger partial charge in [-0.25, -0.2) is 8.42 Å². The Hall–Kier alpha value is -0.940. The van der Waals surface area contributed by atoms with Gasteiger partial charge >= 0.3 is 0 Å². The summed E-state index contributed by atoms with van der Waals surface area (Å²) in [6, 6.07) is 9.19. The number of nitrogens with two attached hydrogens (primary N) is 1. The van der Waals surface area contributed by atoms with E-state index in [9.17, 15) is 8.42 Å². The Morgan fingerprint density at radius 2 is 1.70 bits per heavy atom. The van der Waals surface area contributed by atoms with Gasteiger partial charge in [0, 0.05) is 10.0 Å². The lowest BCUT2D eigenvalue weighted by Gasteiger charge is -2.10. The van der Waals surface area contributed by atoms with Gasteiger partial charge in [-0.3, -0.25) is 0 Å². The van der Waals surface area contributed by atoms with Crippen molar-refractivity contribution in [1.82, 2.24) is 0 Å². The average molecular weight is 351 g/mol. The maximum absolute atomic E-state index is 12.4. The first kappa shape index (κ1) is 15.4. The van der Waals surface area contributed by atoms with Crippen molar-refractivity contribution in [2.75, 3.05) is 5.73 Å². The third-order valence-electron chi connectivity index (χ3n) is 2.66. The average Bonchev–Trinajstić information content (AvgIpc) is 2.33. The Kier molecular flexibility index (Phi) is 4.49. The molecule has 0 unspecified atom stereocenters. The monoisotopic (exact) mass is 349 g/mol. The van der Waals surface area contributed by atoms with Crippen LogP contribution in [0.5, 0.6) is 0 Å². The molecule has 7 heteroatoms. The van der Waals surface area contributed by atoms with Crippen LogP contribution in [0.25, 0.3) is 0 Å². The number of sulfone groups is 1. The van der Waals surface area contributed by atoms with Crippen LogP contribution in [0.4, 0.5) is 5.69 Å². The van der Waals surface area contributed by atoms with Gasteiger partial charge in [-0.15, -0.1) is 0 Å². The maximum Gasteiger partial charge on any atom is 0.186 e. The summed E-state index contributed by atoms with van der Waals surface area (Å²) in [5.41, 5.74) is 6.21. The highest BCUT2D eigenvalue weighted by Gasteiger charge is 2.22. The van der Waals surface area contributed by atoms with Crippen LogP contribution in [-0.4, -0.2) is 8.42 Å². The number of nitrogen functional groups attached to an aromatic ring is 1. The second-order valence-electron chi connectivity index (χ2n) is 4.15. The summed E-state index contributed by atoms with van der Waals surface area (Å²) < 4.78 is 24.9. The summed E-state index contributed by atoms with van der Waals surface area (Å²) in [5.74, 6) is -0.319. The molecular formula is C13H10Cl3NO2S. The second kappa shape index (κ2) is 5.82. The Morgan fingerprint density at radius 3 is 2.35 bits per heavy atom. The first-order valence-electron chi connectivity index (χ1n) is 5.52. The second-order valence-corrected chi connectivity index (χ2v) is 7.33. The van der Waals surface area contributed by atoms with Gasteiger partial charge in [0.25, 0.3) is 0 Å². The zero-order valence-electron chi connectivity index (χ0n) is 10.1. The van der Waals surface area contributed by atoms with Gasteiger partial charge in [0.2, 0.25) is 0 Å².